The fourth-order valence-electron chi connectivity index (χ4n) is 4.08. The number of nitrogens with zero attached hydrogens (tertiary/aromatic N) is 3. The lowest BCUT2D eigenvalue weighted by atomic mass is 9.98. The molecule has 0 unspecified atom stereocenters. The molecule has 50 heavy (non-hydrogen) atoms. The maximum Gasteiger partial charge on any atom is 0.490 e. The number of nitrogens with one attached hydrogen (secondary N) is 2. The second-order valence-corrected chi connectivity index (χ2v) is 10.5. The Morgan fingerprint density at radius 2 is 1.74 bits per heavy atom. The van der Waals surface area contributed by atoms with Crippen LogP contribution in [0.25, 0.3) is 11.3 Å². The molecule has 0 atom stereocenters. The minimum absolute atomic E-state index is 0.0583. The summed E-state index contributed by atoms with van der Waals surface area (Å²) in [6.45, 7) is 1.63. The number of rotatable bonds is 9. The van der Waals surface area contributed by atoms with Gasteiger partial charge in [-0.05, 0) is 50.2 Å². The van der Waals surface area contributed by atoms with E-state index in [9.17, 15) is 40.7 Å². The first-order valence-corrected chi connectivity index (χ1v) is 15.0. The number of amides is 1. The van der Waals surface area contributed by atoms with Gasteiger partial charge in [-0.2, -0.15) is 17.6 Å². The van der Waals surface area contributed by atoms with Gasteiger partial charge in [0.05, 0.1) is 22.5 Å². The third-order valence-electron chi connectivity index (χ3n) is 6.81. The van der Waals surface area contributed by atoms with E-state index >= 15 is 0 Å². The van der Waals surface area contributed by atoms with E-state index in [0.29, 0.717) is 30.0 Å². The normalized spacial score (nSPS) is 12.6. The first-order valence-electron chi connectivity index (χ1n) is 14.6. The van der Waals surface area contributed by atoms with Gasteiger partial charge in [-0.3, -0.25) is 9.59 Å². The van der Waals surface area contributed by atoms with Crippen LogP contribution < -0.4 is 21.1 Å². The fourth-order valence-corrected chi connectivity index (χ4v) is 4.34. The maximum atomic E-state index is 13.9. The highest BCUT2D eigenvalue weighted by molar-refractivity contribution is 6.34. The lowest BCUT2D eigenvalue weighted by Crippen LogP contribution is -2.38. The van der Waals surface area contributed by atoms with Crippen molar-refractivity contribution in [3.05, 3.63) is 64.6 Å². The molecule has 0 aliphatic carbocycles. The molecule has 0 saturated carbocycles. The van der Waals surface area contributed by atoms with Crippen LogP contribution >= 0.6 is 11.6 Å². The third-order valence-corrected chi connectivity index (χ3v) is 7.12. The number of benzene rings is 2. The number of hydrogen-bond donors (Lipinski definition) is 4. The Balaban J connectivity index is 0.000000380. The van der Waals surface area contributed by atoms with E-state index in [-0.39, 0.29) is 28.9 Å². The number of hydrogen-bond acceptors (Lipinski definition) is 9. The number of halogens is 7. The first-order chi connectivity index (χ1) is 23.6. The summed E-state index contributed by atoms with van der Waals surface area (Å²) >= 11 is 6.13. The van der Waals surface area contributed by atoms with Crippen molar-refractivity contribution < 1.29 is 55.4 Å². The standard InChI is InChI=1S/C14H17ClN2O2.C12H9F3N2O2.C3H10N2.C2HF3O2/c1-16-11-2-3-12(13(15)8-11)14(19)17-6-4-10(9-18)5-7-17;1-17-8(4-16-10(17)5-18)7-2-3-9(19-6-13)12(15)11(7)14;1-5-3-2-4;3-2(4,5)1(6)7/h2-3,8-10,16H,4-7H2,1H3;2-5H,6H2,1H3;5H,2-4H2,1H3;(H,6,7). The van der Waals surface area contributed by atoms with Crippen LogP contribution in [0.4, 0.5) is 32.0 Å². The molecule has 1 fully saturated rings. The SMILES string of the molecule is CNCCN.CNc1ccc(C(=O)N2CCC(C=O)CC2)c(Cl)c1.Cn1c(-c2ccc(OCF)c(F)c2F)cnc1C=O.O=C(O)C(F)(F)F. The molecule has 1 aliphatic rings. The minimum atomic E-state index is -5.08. The molecular formula is C31H37ClF6N6O6. The Kier molecular flexibility index (Phi) is 18.6. The zero-order valence-corrected chi connectivity index (χ0v) is 28.0. The van der Waals surface area contributed by atoms with Gasteiger partial charge in [-0.25, -0.2) is 18.6 Å². The Hall–Kier alpha value is -4.68. The average molecular weight is 739 g/mol. The highest BCUT2D eigenvalue weighted by Gasteiger charge is 2.38. The summed E-state index contributed by atoms with van der Waals surface area (Å²) in [5, 5.41) is 13.4. The number of imidazole rings is 1. The average Bonchev–Trinajstić information content (AvgIpc) is 3.47. The Bertz CT molecular complexity index is 1570. The molecule has 1 aromatic heterocycles. The van der Waals surface area contributed by atoms with Crippen LogP contribution in [0.1, 0.15) is 33.8 Å². The highest BCUT2D eigenvalue weighted by Crippen LogP contribution is 2.30. The summed E-state index contributed by atoms with van der Waals surface area (Å²) in [6, 6.07) is 7.66. The minimum Gasteiger partial charge on any atom is -0.475 e. The molecule has 2 heterocycles. The van der Waals surface area contributed by atoms with Crippen molar-refractivity contribution in [1.82, 2.24) is 19.8 Å². The molecule has 0 radical (unpaired) electrons. The van der Waals surface area contributed by atoms with Crippen LogP contribution in [0.2, 0.25) is 5.02 Å². The molecule has 0 bridgehead atoms. The van der Waals surface area contributed by atoms with Gasteiger partial charge in [0.15, 0.2) is 23.7 Å². The van der Waals surface area contributed by atoms with E-state index in [0.717, 1.165) is 44.0 Å². The number of nitrogens with two attached hydrogens (primary N) is 1. The van der Waals surface area contributed by atoms with E-state index in [1.54, 1.807) is 24.1 Å². The number of aromatic nitrogens is 2. The van der Waals surface area contributed by atoms with Gasteiger partial charge in [0.1, 0.15) is 6.29 Å². The van der Waals surface area contributed by atoms with Gasteiger partial charge in [-0.1, -0.05) is 11.6 Å². The van der Waals surface area contributed by atoms with E-state index in [1.807, 2.05) is 13.1 Å². The number of aldehydes is 2. The quantitative estimate of drug-likeness (QED) is 0.178. The molecule has 1 aliphatic heterocycles. The van der Waals surface area contributed by atoms with Crippen molar-refractivity contribution in [2.24, 2.45) is 18.7 Å². The summed E-state index contributed by atoms with van der Waals surface area (Å²) in [6.07, 6.45) is -0.880. The molecule has 1 amide bonds. The summed E-state index contributed by atoms with van der Waals surface area (Å²) in [5.74, 6) is -5.63. The van der Waals surface area contributed by atoms with E-state index in [4.69, 9.17) is 27.2 Å². The number of carbonyl (C=O) groups excluding carboxylic acids is 3. The number of carboxylic acid groups (broad SMARTS) is 1. The summed E-state index contributed by atoms with van der Waals surface area (Å²) < 4.78 is 76.8. The first kappa shape index (κ1) is 43.3. The van der Waals surface area contributed by atoms with Crippen molar-refractivity contribution in [3.63, 3.8) is 0 Å². The smallest absolute Gasteiger partial charge is 0.475 e. The van der Waals surface area contributed by atoms with Gasteiger partial charge in [0, 0.05) is 57.4 Å². The summed E-state index contributed by atoms with van der Waals surface area (Å²) in [4.78, 5) is 48.1. The molecule has 4 rings (SSSR count). The molecule has 5 N–H and O–H groups in total. The Morgan fingerprint density at radius 1 is 1.12 bits per heavy atom. The largest absolute Gasteiger partial charge is 0.490 e. The van der Waals surface area contributed by atoms with Crippen molar-refractivity contribution in [2.75, 3.05) is 52.5 Å². The van der Waals surface area contributed by atoms with Crippen LogP contribution in [0.5, 0.6) is 5.75 Å². The Morgan fingerprint density at radius 3 is 2.16 bits per heavy atom. The predicted octanol–water partition coefficient (Wildman–Crippen LogP) is 4.71. The number of alkyl halides is 4. The lowest BCUT2D eigenvalue weighted by Gasteiger charge is -2.30. The molecule has 0 spiro atoms. The van der Waals surface area contributed by atoms with E-state index < -0.39 is 36.4 Å². The maximum absolute atomic E-state index is 13.9. The monoisotopic (exact) mass is 738 g/mol. The number of piperidine rings is 1. The number of aliphatic carboxylic acids is 1. The molecule has 1 saturated heterocycles. The van der Waals surface area contributed by atoms with Crippen molar-refractivity contribution >= 4 is 41.7 Å². The number of carbonyl (C=O) groups is 4. The van der Waals surface area contributed by atoms with Crippen LogP contribution in [-0.4, -0.2) is 97.3 Å². The summed E-state index contributed by atoms with van der Waals surface area (Å²) in [5.41, 5.74) is 6.61. The lowest BCUT2D eigenvalue weighted by molar-refractivity contribution is -0.192. The van der Waals surface area contributed by atoms with Gasteiger partial charge in [0.2, 0.25) is 12.7 Å². The van der Waals surface area contributed by atoms with Crippen molar-refractivity contribution in [3.8, 4) is 17.0 Å². The van der Waals surface area contributed by atoms with Crippen LogP contribution in [0, 0.1) is 17.6 Å². The van der Waals surface area contributed by atoms with Crippen molar-refractivity contribution in [1.29, 1.82) is 0 Å². The van der Waals surface area contributed by atoms with Crippen LogP contribution in [-0.2, 0) is 16.6 Å². The molecule has 3 aromatic rings. The second kappa shape index (κ2) is 21.4. The number of anilines is 1. The fraction of sp³-hybridized carbons (Fsp3) is 0.387. The second-order valence-electron chi connectivity index (χ2n) is 10.1. The number of likely N-dealkylation sites (N-methyl/N-ethyl adjacent to an activating group) is 1. The topological polar surface area (TPSA) is 169 Å². The predicted molar refractivity (Wildman–Crippen MR) is 173 cm³/mol. The molecule has 276 valence electrons. The van der Waals surface area contributed by atoms with E-state index in [2.05, 4.69) is 20.4 Å². The Labute approximate surface area is 288 Å². The van der Waals surface area contributed by atoms with Gasteiger partial charge in [0.25, 0.3) is 5.91 Å². The van der Waals surface area contributed by atoms with Gasteiger partial charge >= 0.3 is 12.1 Å². The van der Waals surface area contributed by atoms with Crippen molar-refractivity contribution in [2.45, 2.75) is 19.0 Å². The zero-order valence-electron chi connectivity index (χ0n) is 27.2. The molecular weight excluding hydrogens is 702 g/mol. The van der Waals surface area contributed by atoms with Crippen LogP contribution in [0.3, 0.4) is 0 Å². The van der Waals surface area contributed by atoms with Gasteiger partial charge in [-0.15, -0.1) is 0 Å². The van der Waals surface area contributed by atoms with Gasteiger partial charge < -0.3 is 40.5 Å². The molecule has 19 heteroatoms. The molecule has 2 aromatic carbocycles. The zero-order chi connectivity index (χ0) is 38.0. The summed E-state index contributed by atoms with van der Waals surface area (Å²) in [7, 11) is 5.18. The number of ether oxygens (including phenoxy) is 1. The third kappa shape index (κ3) is 13.0. The van der Waals surface area contributed by atoms with E-state index in [1.165, 1.54) is 23.9 Å². The highest BCUT2D eigenvalue weighted by atomic mass is 35.5. The van der Waals surface area contributed by atoms with Crippen LogP contribution in [0.15, 0.2) is 36.5 Å². The number of likely N-dealkylation sites (tertiary alicyclic amines) is 1. The molecule has 12 nitrogen and oxygen atoms in total. The number of carboxylic acids is 1.